The van der Waals surface area contributed by atoms with Crippen LogP contribution >= 0.6 is 0 Å². The summed E-state index contributed by atoms with van der Waals surface area (Å²) < 4.78 is 12.3. The molecule has 0 unspecified atom stereocenters. The third-order valence-corrected chi connectivity index (χ3v) is 5.14. The topological polar surface area (TPSA) is 99.2 Å². The van der Waals surface area contributed by atoms with Crippen LogP contribution in [0.2, 0.25) is 0 Å². The summed E-state index contributed by atoms with van der Waals surface area (Å²) in [6.45, 7) is 2.23. The van der Waals surface area contributed by atoms with Crippen LogP contribution in [0.3, 0.4) is 0 Å². The number of nitrogens with one attached hydrogen (secondary N) is 1. The molecule has 4 aromatic rings. The first kappa shape index (κ1) is 20.3. The number of nitrogens with zero attached hydrogens (tertiary/aromatic N) is 3. The second kappa shape index (κ2) is 8.83. The predicted molar refractivity (Wildman–Crippen MR) is 115 cm³/mol. The van der Waals surface area contributed by atoms with Gasteiger partial charge < -0.3 is 14.5 Å². The highest BCUT2D eigenvalue weighted by Gasteiger charge is 2.14. The van der Waals surface area contributed by atoms with Gasteiger partial charge in [-0.1, -0.05) is 0 Å². The summed E-state index contributed by atoms with van der Waals surface area (Å²) >= 11 is 0. The molecule has 0 aliphatic rings. The summed E-state index contributed by atoms with van der Waals surface area (Å²) in [5.74, 6) is 1.15. The molecule has 0 spiro atoms. The Balaban J connectivity index is 1.41. The predicted octanol–water partition coefficient (Wildman–Crippen LogP) is 2.94. The monoisotopic (exact) mass is 418 g/mol. The van der Waals surface area contributed by atoms with Crippen molar-refractivity contribution in [2.45, 2.75) is 26.3 Å². The first-order valence-electron chi connectivity index (χ1n) is 9.87. The number of carbonyl (C=O) groups excluding carboxylic acids is 1. The van der Waals surface area contributed by atoms with Gasteiger partial charge in [-0.3, -0.25) is 4.79 Å². The van der Waals surface area contributed by atoms with Gasteiger partial charge in [-0.2, -0.15) is 5.10 Å². The molecule has 1 amide bonds. The van der Waals surface area contributed by atoms with E-state index in [-0.39, 0.29) is 12.3 Å². The highest BCUT2D eigenvalue weighted by molar-refractivity contribution is 5.82. The van der Waals surface area contributed by atoms with Crippen LogP contribution in [0.4, 0.5) is 0 Å². The highest BCUT2D eigenvalue weighted by Crippen LogP contribution is 2.24. The van der Waals surface area contributed by atoms with E-state index < -0.39 is 5.63 Å². The normalized spacial score (nSPS) is 10.9. The van der Waals surface area contributed by atoms with Crippen molar-refractivity contribution in [2.75, 3.05) is 7.11 Å². The van der Waals surface area contributed by atoms with E-state index in [9.17, 15) is 9.59 Å². The average Bonchev–Trinajstić information content (AvgIpc) is 3.32. The second-order valence-corrected chi connectivity index (χ2v) is 7.10. The molecule has 0 saturated heterocycles. The fraction of sp³-hybridized carbons (Fsp3) is 0.217. The van der Waals surface area contributed by atoms with Gasteiger partial charge in [0.2, 0.25) is 5.91 Å². The van der Waals surface area contributed by atoms with Gasteiger partial charge in [-0.25, -0.2) is 14.5 Å². The Kier molecular flexibility index (Phi) is 5.79. The molecule has 1 N–H and O–H groups in total. The number of ether oxygens (including phenoxy) is 1. The van der Waals surface area contributed by atoms with Gasteiger partial charge >= 0.3 is 5.63 Å². The van der Waals surface area contributed by atoms with Gasteiger partial charge in [0.15, 0.2) is 5.82 Å². The third-order valence-electron chi connectivity index (χ3n) is 5.14. The maximum atomic E-state index is 12.4. The smallest absolute Gasteiger partial charge is 0.339 e. The zero-order chi connectivity index (χ0) is 21.8. The van der Waals surface area contributed by atoms with Gasteiger partial charge in [0.25, 0.3) is 0 Å². The largest absolute Gasteiger partial charge is 0.497 e. The maximum Gasteiger partial charge on any atom is 0.339 e. The van der Waals surface area contributed by atoms with E-state index in [1.165, 1.54) is 0 Å². The van der Waals surface area contributed by atoms with E-state index in [0.717, 1.165) is 16.5 Å². The standard InChI is InChI=1S/C23H22N4O4/c1-15-18-5-4-17(30-2)13-20(18)31-23(29)19(15)6-7-22(28)25-14-16-8-10-24-21(12-16)27-11-3-9-26-27/h3-5,8-13H,6-7,14H2,1-2H3,(H,25,28). The first-order chi connectivity index (χ1) is 15.0. The van der Waals surface area contributed by atoms with E-state index >= 15 is 0 Å². The number of pyridine rings is 1. The summed E-state index contributed by atoms with van der Waals surface area (Å²) in [4.78, 5) is 29.1. The summed E-state index contributed by atoms with van der Waals surface area (Å²) in [6.07, 6.45) is 5.65. The number of carbonyl (C=O) groups is 1. The van der Waals surface area contributed by atoms with Gasteiger partial charge in [0.05, 0.1) is 7.11 Å². The van der Waals surface area contributed by atoms with Gasteiger partial charge in [0.1, 0.15) is 11.3 Å². The fourth-order valence-electron chi connectivity index (χ4n) is 3.42. The molecule has 3 aromatic heterocycles. The molecular weight excluding hydrogens is 396 g/mol. The molecule has 0 aliphatic heterocycles. The Morgan fingerprint density at radius 2 is 2.10 bits per heavy atom. The minimum Gasteiger partial charge on any atom is -0.497 e. The third kappa shape index (κ3) is 4.48. The molecule has 0 atom stereocenters. The lowest BCUT2D eigenvalue weighted by atomic mass is 10.0. The SMILES string of the molecule is COc1ccc2c(C)c(CCC(=O)NCc3ccnc(-n4cccn4)c3)c(=O)oc2c1. The Labute approximate surface area is 178 Å². The molecule has 0 radical (unpaired) electrons. The number of aromatic nitrogens is 3. The molecule has 158 valence electrons. The zero-order valence-corrected chi connectivity index (χ0v) is 17.3. The number of aryl methyl sites for hydroxylation is 1. The zero-order valence-electron chi connectivity index (χ0n) is 17.3. The number of rotatable bonds is 7. The Bertz CT molecular complexity index is 1280. The number of fused-ring (bicyclic) bond motifs is 1. The molecule has 0 aliphatic carbocycles. The van der Waals surface area contributed by atoms with Crippen LogP contribution in [0, 0.1) is 6.92 Å². The van der Waals surface area contributed by atoms with Gasteiger partial charge in [-0.15, -0.1) is 0 Å². The van der Waals surface area contributed by atoms with Crippen molar-refractivity contribution in [3.05, 3.63) is 82.1 Å². The second-order valence-electron chi connectivity index (χ2n) is 7.10. The average molecular weight is 418 g/mol. The molecule has 1 aromatic carbocycles. The lowest BCUT2D eigenvalue weighted by Crippen LogP contribution is -2.24. The van der Waals surface area contributed by atoms with Crippen LogP contribution in [-0.2, 0) is 17.8 Å². The minimum atomic E-state index is -0.427. The molecule has 8 nitrogen and oxygen atoms in total. The molecule has 3 heterocycles. The summed E-state index contributed by atoms with van der Waals surface area (Å²) in [5.41, 5.74) is 2.28. The Morgan fingerprint density at radius 1 is 1.23 bits per heavy atom. The van der Waals surface area contributed by atoms with Crippen LogP contribution in [0.5, 0.6) is 5.75 Å². The van der Waals surface area contributed by atoms with Crippen LogP contribution in [0.15, 0.2) is 64.2 Å². The lowest BCUT2D eigenvalue weighted by Gasteiger charge is -2.10. The maximum absolute atomic E-state index is 12.4. The van der Waals surface area contributed by atoms with Crippen molar-refractivity contribution in [2.24, 2.45) is 0 Å². The molecule has 8 heteroatoms. The molecule has 0 bridgehead atoms. The summed E-state index contributed by atoms with van der Waals surface area (Å²) in [5, 5.41) is 7.87. The molecule has 0 fully saturated rings. The van der Waals surface area contributed by atoms with E-state index in [2.05, 4.69) is 15.4 Å². The highest BCUT2D eigenvalue weighted by atomic mass is 16.5. The number of hydrogen-bond donors (Lipinski definition) is 1. The molecular formula is C23H22N4O4. The van der Waals surface area contributed by atoms with E-state index in [1.54, 1.807) is 36.4 Å². The quantitative estimate of drug-likeness (QED) is 0.463. The number of benzene rings is 1. The molecule has 0 saturated carbocycles. The van der Waals surface area contributed by atoms with E-state index in [1.807, 2.05) is 37.3 Å². The van der Waals surface area contributed by atoms with E-state index in [0.29, 0.717) is 35.7 Å². The Morgan fingerprint density at radius 3 is 2.87 bits per heavy atom. The first-order valence-corrected chi connectivity index (χ1v) is 9.87. The van der Waals surface area contributed by atoms with Crippen LogP contribution < -0.4 is 15.7 Å². The van der Waals surface area contributed by atoms with Gasteiger partial charge in [-0.05, 0) is 54.8 Å². The van der Waals surface area contributed by atoms with Gasteiger partial charge in [0, 0.05) is 48.6 Å². The fourth-order valence-corrected chi connectivity index (χ4v) is 3.42. The number of methoxy groups -OCH3 is 1. The van der Waals surface area contributed by atoms with Crippen molar-refractivity contribution in [1.82, 2.24) is 20.1 Å². The summed E-state index contributed by atoms with van der Waals surface area (Å²) in [6, 6.07) is 10.9. The van der Waals surface area contributed by atoms with Crippen molar-refractivity contribution < 1.29 is 13.9 Å². The van der Waals surface area contributed by atoms with E-state index in [4.69, 9.17) is 9.15 Å². The van der Waals surface area contributed by atoms with Crippen molar-refractivity contribution in [1.29, 1.82) is 0 Å². The van der Waals surface area contributed by atoms with Crippen LogP contribution in [-0.4, -0.2) is 27.8 Å². The van der Waals surface area contributed by atoms with Crippen molar-refractivity contribution in [3.8, 4) is 11.6 Å². The Hall–Kier alpha value is -3.94. The summed E-state index contributed by atoms with van der Waals surface area (Å²) in [7, 11) is 1.56. The number of amides is 1. The number of hydrogen-bond acceptors (Lipinski definition) is 6. The molecule has 4 rings (SSSR count). The van der Waals surface area contributed by atoms with Crippen LogP contribution in [0.1, 0.15) is 23.1 Å². The van der Waals surface area contributed by atoms with Crippen LogP contribution in [0.25, 0.3) is 16.8 Å². The van der Waals surface area contributed by atoms with Crippen molar-refractivity contribution >= 4 is 16.9 Å². The minimum absolute atomic E-state index is 0.147. The lowest BCUT2D eigenvalue weighted by molar-refractivity contribution is -0.121. The molecule has 31 heavy (non-hydrogen) atoms. The van der Waals surface area contributed by atoms with Crippen molar-refractivity contribution in [3.63, 3.8) is 0 Å².